The Morgan fingerprint density at radius 3 is 2.89 bits per heavy atom. The molecule has 94 valence electrons. The van der Waals surface area contributed by atoms with Gasteiger partial charge in [0, 0.05) is 6.07 Å². The molecule has 0 saturated heterocycles. The van der Waals surface area contributed by atoms with Crippen LogP contribution in [0.1, 0.15) is 16.2 Å². The van der Waals surface area contributed by atoms with Gasteiger partial charge in [0.15, 0.2) is 11.5 Å². The second kappa shape index (κ2) is 5.05. The lowest BCUT2D eigenvalue weighted by molar-refractivity contribution is 0.0685. The molecule has 2 N–H and O–H groups in total. The van der Waals surface area contributed by atoms with E-state index >= 15 is 0 Å². The highest BCUT2D eigenvalue weighted by atomic mass is 35.5. The van der Waals surface area contributed by atoms with E-state index in [4.69, 9.17) is 21.2 Å². The highest BCUT2D eigenvalue weighted by Gasteiger charge is 2.10. The second-order valence-electron chi connectivity index (χ2n) is 3.46. The molecule has 0 atom stereocenters. The first-order valence-corrected chi connectivity index (χ1v) is 5.32. The van der Waals surface area contributed by atoms with Crippen molar-refractivity contribution in [1.82, 2.24) is 5.16 Å². The van der Waals surface area contributed by atoms with Crippen molar-refractivity contribution in [1.29, 1.82) is 0 Å². The molecule has 1 aromatic carbocycles. The number of carboxylic acid groups (broad SMARTS) is 1. The zero-order valence-electron chi connectivity index (χ0n) is 8.98. The van der Waals surface area contributed by atoms with Crippen molar-refractivity contribution in [3.05, 3.63) is 46.6 Å². The third-order valence-electron chi connectivity index (χ3n) is 2.16. The van der Waals surface area contributed by atoms with Gasteiger partial charge >= 0.3 is 5.97 Å². The fraction of sp³-hybridized carbons (Fsp3) is 0.0909. The van der Waals surface area contributed by atoms with Crippen molar-refractivity contribution in [2.75, 3.05) is 5.32 Å². The van der Waals surface area contributed by atoms with Gasteiger partial charge in [-0.05, 0) is 18.2 Å². The number of carboxylic acids is 1. The van der Waals surface area contributed by atoms with Gasteiger partial charge in [0.25, 0.3) is 0 Å². The Bertz CT molecular complexity index is 585. The van der Waals surface area contributed by atoms with Gasteiger partial charge in [-0.25, -0.2) is 9.18 Å². The van der Waals surface area contributed by atoms with Gasteiger partial charge in [-0.15, -0.1) is 0 Å². The number of aromatic carboxylic acids is 1. The summed E-state index contributed by atoms with van der Waals surface area (Å²) in [6.07, 6.45) is 0. The van der Waals surface area contributed by atoms with Gasteiger partial charge < -0.3 is 14.9 Å². The van der Waals surface area contributed by atoms with E-state index in [0.29, 0.717) is 11.4 Å². The van der Waals surface area contributed by atoms with Crippen LogP contribution >= 0.6 is 11.6 Å². The maximum atomic E-state index is 12.8. The summed E-state index contributed by atoms with van der Waals surface area (Å²) in [7, 11) is 0. The number of halogens is 2. The first kappa shape index (κ1) is 12.4. The number of benzene rings is 1. The smallest absolute Gasteiger partial charge is 0.358 e. The summed E-state index contributed by atoms with van der Waals surface area (Å²) in [6, 6.07) is 5.21. The summed E-state index contributed by atoms with van der Waals surface area (Å²) in [6.45, 7) is 0.200. The first-order valence-electron chi connectivity index (χ1n) is 4.94. The Labute approximate surface area is 106 Å². The Morgan fingerprint density at radius 2 is 2.28 bits per heavy atom. The minimum absolute atomic E-state index is 0.169. The van der Waals surface area contributed by atoms with Crippen LogP contribution in [0.2, 0.25) is 5.02 Å². The Balaban J connectivity index is 2.04. The average molecular weight is 271 g/mol. The molecule has 2 aromatic rings. The second-order valence-corrected chi connectivity index (χ2v) is 3.87. The molecule has 0 fully saturated rings. The van der Waals surface area contributed by atoms with Gasteiger partial charge in [0.1, 0.15) is 5.82 Å². The number of anilines is 1. The minimum atomic E-state index is -1.16. The summed E-state index contributed by atoms with van der Waals surface area (Å²) in [5, 5.41) is 15.1. The average Bonchev–Trinajstić information content (AvgIpc) is 2.76. The van der Waals surface area contributed by atoms with E-state index in [-0.39, 0.29) is 17.3 Å². The molecule has 5 nitrogen and oxygen atoms in total. The number of rotatable bonds is 4. The minimum Gasteiger partial charge on any atom is -0.476 e. The summed E-state index contributed by atoms with van der Waals surface area (Å²) in [4.78, 5) is 10.6. The van der Waals surface area contributed by atoms with E-state index in [9.17, 15) is 9.18 Å². The molecule has 7 heteroatoms. The number of nitrogens with zero attached hydrogens (tertiary/aromatic N) is 1. The van der Waals surface area contributed by atoms with Gasteiger partial charge in [-0.2, -0.15) is 0 Å². The zero-order chi connectivity index (χ0) is 13.1. The molecule has 0 bridgehead atoms. The van der Waals surface area contributed by atoms with Gasteiger partial charge in [0.2, 0.25) is 0 Å². The van der Waals surface area contributed by atoms with Crippen molar-refractivity contribution in [3.8, 4) is 0 Å². The molecule has 0 spiro atoms. The molecule has 0 unspecified atom stereocenters. The predicted molar refractivity (Wildman–Crippen MR) is 62.2 cm³/mol. The lowest BCUT2D eigenvalue weighted by Crippen LogP contribution is -1.99. The number of nitrogens with one attached hydrogen (secondary N) is 1. The lowest BCUT2D eigenvalue weighted by Gasteiger charge is -2.05. The van der Waals surface area contributed by atoms with Crippen LogP contribution < -0.4 is 5.32 Å². The van der Waals surface area contributed by atoms with Crippen LogP contribution in [-0.2, 0) is 6.54 Å². The Kier molecular flexibility index (Phi) is 3.47. The number of aromatic nitrogens is 1. The van der Waals surface area contributed by atoms with Crippen LogP contribution in [0.4, 0.5) is 10.1 Å². The number of carbonyl (C=O) groups is 1. The first-order chi connectivity index (χ1) is 8.56. The molecule has 18 heavy (non-hydrogen) atoms. The number of hydrogen-bond donors (Lipinski definition) is 2. The number of hydrogen-bond acceptors (Lipinski definition) is 4. The molecule has 1 aromatic heterocycles. The van der Waals surface area contributed by atoms with Crippen LogP contribution in [0.5, 0.6) is 0 Å². The molecule has 0 radical (unpaired) electrons. The van der Waals surface area contributed by atoms with E-state index in [1.807, 2.05) is 0 Å². The molecule has 0 aliphatic carbocycles. The van der Waals surface area contributed by atoms with Crippen molar-refractivity contribution >= 4 is 23.3 Å². The van der Waals surface area contributed by atoms with E-state index in [0.717, 1.165) is 0 Å². The van der Waals surface area contributed by atoms with Crippen molar-refractivity contribution in [2.24, 2.45) is 0 Å². The van der Waals surface area contributed by atoms with Crippen LogP contribution in [0.25, 0.3) is 0 Å². The summed E-state index contributed by atoms with van der Waals surface area (Å²) in [5.41, 5.74) is 0.350. The maximum absolute atomic E-state index is 12.8. The van der Waals surface area contributed by atoms with Crippen LogP contribution in [0.15, 0.2) is 28.8 Å². The molecule has 2 rings (SSSR count). The predicted octanol–water partition coefficient (Wildman–Crippen LogP) is 2.78. The summed E-state index contributed by atoms with van der Waals surface area (Å²) >= 11 is 5.81. The Morgan fingerprint density at radius 1 is 1.50 bits per heavy atom. The van der Waals surface area contributed by atoms with Crippen LogP contribution in [0, 0.1) is 5.82 Å². The van der Waals surface area contributed by atoms with Crippen molar-refractivity contribution in [3.63, 3.8) is 0 Å². The third kappa shape index (κ3) is 2.78. The SMILES string of the molecule is O=C(O)c1cc(CNc2ccc(F)cc2Cl)on1. The summed E-state index contributed by atoms with van der Waals surface area (Å²) in [5.74, 6) is -1.25. The topological polar surface area (TPSA) is 75.4 Å². The Hall–Kier alpha value is -2.08. The quantitative estimate of drug-likeness (QED) is 0.893. The molecular formula is C11H8ClFN2O3. The highest BCUT2D eigenvalue weighted by Crippen LogP contribution is 2.23. The third-order valence-corrected chi connectivity index (χ3v) is 2.47. The van der Waals surface area contributed by atoms with E-state index in [1.54, 1.807) is 0 Å². The standard InChI is InChI=1S/C11H8ClFN2O3/c12-8-3-6(13)1-2-9(8)14-5-7-4-10(11(16)17)15-18-7/h1-4,14H,5H2,(H,16,17). The normalized spacial score (nSPS) is 10.3. The van der Waals surface area contributed by atoms with Crippen molar-refractivity contribution < 1.29 is 18.8 Å². The summed E-state index contributed by atoms with van der Waals surface area (Å²) < 4.78 is 17.6. The fourth-order valence-electron chi connectivity index (χ4n) is 1.31. The largest absolute Gasteiger partial charge is 0.476 e. The monoisotopic (exact) mass is 270 g/mol. The maximum Gasteiger partial charge on any atom is 0.358 e. The molecular weight excluding hydrogens is 263 g/mol. The van der Waals surface area contributed by atoms with Gasteiger partial charge in [-0.1, -0.05) is 16.8 Å². The van der Waals surface area contributed by atoms with Gasteiger partial charge in [0.05, 0.1) is 17.3 Å². The van der Waals surface area contributed by atoms with Crippen LogP contribution in [0.3, 0.4) is 0 Å². The zero-order valence-corrected chi connectivity index (χ0v) is 9.74. The molecule has 0 amide bonds. The molecule has 0 aliphatic heterocycles. The highest BCUT2D eigenvalue weighted by molar-refractivity contribution is 6.33. The van der Waals surface area contributed by atoms with Crippen molar-refractivity contribution in [2.45, 2.75) is 6.54 Å². The van der Waals surface area contributed by atoms with Crippen LogP contribution in [-0.4, -0.2) is 16.2 Å². The fourth-order valence-corrected chi connectivity index (χ4v) is 1.55. The van der Waals surface area contributed by atoms with E-state index < -0.39 is 11.8 Å². The lowest BCUT2D eigenvalue weighted by atomic mass is 10.3. The van der Waals surface area contributed by atoms with E-state index in [2.05, 4.69) is 10.5 Å². The van der Waals surface area contributed by atoms with E-state index in [1.165, 1.54) is 24.3 Å². The molecule has 1 heterocycles. The van der Waals surface area contributed by atoms with Gasteiger partial charge in [-0.3, -0.25) is 0 Å². The molecule has 0 saturated carbocycles. The molecule has 0 aliphatic rings.